The van der Waals surface area contributed by atoms with E-state index in [1.807, 2.05) is 23.9 Å². The van der Waals surface area contributed by atoms with Crippen LogP contribution in [-0.4, -0.2) is 62.3 Å². The van der Waals surface area contributed by atoms with Crippen LogP contribution in [0.15, 0.2) is 17.1 Å². The highest BCUT2D eigenvalue weighted by Crippen LogP contribution is 2.35. The zero-order valence-corrected chi connectivity index (χ0v) is 17.5. The van der Waals surface area contributed by atoms with Crippen molar-refractivity contribution in [1.82, 2.24) is 10.2 Å². The Morgan fingerprint density at radius 3 is 2.35 bits per heavy atom. The highest BCUT2D eigenvalue weighted by Gasteiger charge is 2.28. The molecule has 1 fully saturated rings. The summed E-state index contributed by atoms with van der Waals surface area (Å²) in [5, 5.41) is 3.42. The number of methoxy groups -OCH3 is 3. The van der Waals surface area contributed by atoms with Gasteiger partial charge in [-0.15, -0.1) is 0 Å². The minimum absolute atomic E-state index is 0.226. The summed E-state index contributed by atoms with van der Waals surface area (Å²) in [7, 11) is 4.93. The van der Waals surface area contributed by atoms with Crippen LogP contribution < -0.4 is 19.5 Å². The van der Waals surface area contributed by atoms with Crippen molar-refractivity contribution in [2.24, 2.45) is 4.99 Å². The molecule has 2 rings (SSSR count). The molecule has 7 heteroatoms. The van der Waals surface area contributed by atoms with E-state index in [-0.39, 0.29) is 4.75 Å². The second kappa shape index (κ2) is 9.26. The second-order valence-electron chi connectivity index (χ2n) is 6.71. The lowest BCUT2D eigenvalue weighted by Crippen LogP contribution is -2.50. The van der Waals surface area contributed by atoms with Crippen molar-refractivity contribution >= 4 is 17.7 Å². The summed E-state index contributed by atoms with van der Waals surface area (Å²) in [6.45, 7) is 9.93. The molecule has 0 unspecified atom stereocenters. The molecule has 0 saturated carbocycles. The van der Waals surface area contributed by atoms with E-state index in [1.165, 1.54) is 0 Å². The van der Waals surface area contributed by atoms with Crippen LogP contribution in [-0.2, 0) is 6.54 Å². The molecule has 1 aliphatic rings. The van der Waals surface area contributed by atoms with Crippen LogP contribution in [0.3, 0.4) is 0 Å². The topological polar surface area (TPSA) is 55.3 Å². The number of nitrogens with one attached hydrogen (secondary N) is 1. The van der Waals surface area contributed by atoms with Crippen LogP contribution >= 0.6 is 11.8 Å². The number of ether oxygens (including phenoxy) is 3. The van der Waals surface area contributed by atoms with Gasteiger partial charge in [0.05, 0.1) is 33.4 Å². The van der Waals surface area contributed by atoms with E-state index in [0.717, 1.165) is 48.4 Å². The Kier molecular flexibility index (Phi) is 7.32. The molecule has 1 aromatic carbocycles. The normalized spacial score (nSPS) is 17.0. The van der Waals surface area contributed by atoms with Gasteiger partial charge < -0.3 is 24.4 Å². The van der Waals surface area contributed by atoms with Gasteiger partial charge in [0.1, 0.15) is 17.2 Å². The molecule has 0 bridgehead atoms. The number of guanidine groups is 1. The molecule has 0 amide bonds. The van der Waals surface area contributed by atoms with Gasteiger partial charge in [0.25, 0.3) is 0 Å². The van der Waals surface area contributed by atoms with Crippen LogP contribution in [0.4, 0.5) is 0 Å². The van der Waals surface area contributed by atoms with Gasteiger partial charge in [0.15, 0.2) is 5.96 Å². The second-order valence-corrected chi connectivity index (χ2v) is 8.51. The van der Waals surface area contributed by atoms with E-state index in [4.69, 9.17) is 19.2 Å². The third-order valence-corrected chi connectivity index (χ3v) is 5.56. The van der Waals surface area contributed by atoms with E-state index in [1.54, 1.807) is 21.3 Å². The first-order chi connectivity index (χ1) is 12.4. The van der Waals surface area contributed by atoms with E-state index < -0.39 is 0 Å². The summed E-state index contributed by atoms with van der Waals surface area (Å²) < 4.78 is 16.6. The highest BCUT2D eigenvalue weighted by molar-refractivity contribution is 8.00. The minimum Gasteiger partial charge on any atom is -0.496 e. The van der Waals surface area contributed by atoms with Gasteiger partial charge in [-0.05, 0) is 20.8 Å². The number of benzene rings is 1. The van der Waals surface area contributed by atoms with Gasteiger partial charge in [-0.3, -0.25) is 0 Å². The fraction of sp³-hybridized carbons (Fsp3) is 0.632. The van der Waals surface area contributed by atoms with Crippen molar-refractivity contribution in [2.45, 2.75) is 32.1 Å². The standard InChI is InChI=1S/C19H31N3O3S/c1-7-20-18(22-8-9-26-19(2,3)13-22)21-12-15-16(24-5)10-14(23-4)11-17(15)25-6/h10-11H,7-9,12-13H2,1-6H3,(H,20,21). The van der Waals surface area contributed by atoms with Gasteiger partial charge in [-0.25, -0.2) is 4.99 Å². The first kappa shape index (κ1) is 20.6. The van der Waals surface area contributed by atoms with E-state index >= 15 is 0 Å². The molecule has 1 aromatic rings. The predicted octanol–water partition coefficient (Wildman–Crippen LogP) is 3.01. The van der Waals surface area contributed by atoms with Gasteiger partial charge in [-0.2, -0.15) is 11.8 Å². The number of aliphatic imine (C=N–C) groups is 1. The molecule has 0 spiro atoms. The van der Waals surface area contributed by atoms with Crippen LogP contribution in [0.25, 0.3) is 0 Å². The van der Waals surface area contributed by atoms with E-state index in [2.05, 4.69) is 31.0 Å². The van der Waals surface area contributed by atoms with Crippen molar-refractivity contribution in [1.29, 1.82) is 0 Å². The maximum Gasteiger partial charge on any atom is 0.194 e. The molecule has 1 aliphatic heterocycles. The van der Waals surface area contributed by atoms with Crippen molar-refractivity contribution in [3.63, 3.8) is 0 Å². The largest absolute Gasteiger partial charge is 0.496 e. The smallest absolute Gasteiger partial charge is 0.194 e. The molecule has 1 N–H and O–H groups in total. The van der Waals surface area contributed by atoms with Crippen LogP contribution in [0.2, 0.25) is 0 Å². The first-order valence-electron chi connectivity index (χ1n) is 8.90. The molecule has 0 atom stereocenters. The summed E-state index contributed by atoms with van der Waals surface area (Å²) in [5.41, 5.74) is 0.914. The summed E-state index contributed by atoms with van der Waals surface area (Å²) in [6.07, 6.45) is 0. The molecule has 146 valence electrons. The fourth-order valence-corrected chi connectivity index (χ4v) is 4.12. The maximum absolute atomic E-state index is 5.53. The average Bonchev–Trinajstić information content (AvgIpc) is 2.63. The van der Waals surface area contributed by atoms with Gasteiger partial charge in [-0.1, -0.05) is 0 Å². The summed E-state index contributed by atoms with van der Waals surface area (Å²) in [4.78, 5) is 7.20. The van der Waals surface area contributed by atoms with Crippen molar-refractivity contribution < 1.29 is 14.2 Å². The molecule has 0 aromatic heterocycles. The van der Waals surface area contributed by atoms with Crippen LogP contribution in [0.1, 0.15) is 26.3 Å². The Morgan fingerprint density at radius 2 is 1.85 bits per heavy atom. The number of thioether (sulfide) groups is 1. The number of nitrogens with zero attached hydrogens (tertiary/aromatic N) is 2. The van der Waals surface area contributed by atoms with Crippen molar-refractivity contribution in [3.05, 3.63) is 17.7 Å². The third kappa shape index (κ3) is 5.13. The maximum atomic E-state index is 5.53. The fourth-order valence-electron chi connectivity index (χ4n) is 3.01. The molecular formula is C19H31N3O3S. The van der Waals surface area contributed by atoms with Crippen molar-refractivity contribution in [3.8, 4) is 17.2 Å². The Balaban J connectivity index is 2.29. The minimum atomic E-state index is 0.226. The average molecular weight is 382 g/mol. The lowest BCUT2D eigenvalue weighted by atomic mass is 10.1. The molecule has 1 heterocycles. The summed E-state index contributed by atoms with van der Waals surface area (Å²) >= 11 is 2.01. The number of hydrogen-bond donors (Lipinski definition) is 1. The zero-order valence-electron chi connectivity index (χ0n) is 16.7. The lowest BCUT2D eigenvalue weighted by molar-refractivity contribution is 0.366. The molecule has 1 saturated heterocycles. The molecular weight excluding hydrogens is 350 g/mol. The SMILES string of the molecule is CCNC(=NCc1c(OC)cc(OC)cc1OC)N1CCSC(C)(C)C1. The van der Waals surface area contributed by atoms with Crippen LogP contribution in [0.5, 0.6) is 17.2 Å². The van der Waals surface area contributed by atoms with Crippen molar-refractivity contribution in [2.75, 3.05) is 46.7 Å². The Morgan fingerprint density at radius 1 is 1.19 bits per heavy atom. The first-order valence-corrected chi connectivity index (χ1v) is 9.88. The molecule has 0 radical (unpaired) electrons. The summed E-state index contributed by atoms with van der Waals surface area (Å²) in [6, 6.07) is 3.72. The quantitative estimate of drug-likeness (QED) is 0.604. The molecule has 26 heavy (non-hydrogen) atoms. The Labute approximate surface area is 161 Å². The highest BCUT2D eigenvalue weighted by atomic mass is 32.2. The number of hydrogen-bond acceptors (Lipinski definition) is 5. The molecule has 6 nitrogen and oxygen atoms in total. The van der Waals surface area contributed by atoms with Gasteiger partial charge >= 0.3 is 0 Å². The number of rotatable bonds is 6. The predicted molar refractivity (Wildman–Crippen MR) is 109 cm³/mol. The van der Waals surface area contributed by atoms with E-state index in [0.29, 0.717) is 12.3 Å². The summed E-state index contributed by atoms with van der Waals surface area (Å²) in [5.74, 6) is 4.17. The van der Waals surface area contributed by atoms with Gasteiger partial charge in [0.2, 0.25) is 0 Å². The Bertz CT molecular complexity index is 609. The lowest BCUT2D eigenvalue weighted by Gasteiger charge is -2.39. The zero-order chi connectivity index (χ0) is 19.2. The van der Waals surface area contributed by atoms with Crippen LogP contribution in [0, 0.1) is 0 Å². The Hall–Kier alpha value is -1.76. The van der Waals surface area contributed by atoms with E-state index in [9.17, 15) is 0 Å². The molecule has 0 aliphatic carbocycles. The monoisotopic (exact) mass is 381 g/mol. The third-order valence-electron chi connectivity index (χ3n) is 4.26. The van der Waals surface area contributed by atoms with Gasteiger partial charge in [0, 0.05) is 42.3 Å².